The Labute approximate surface area is 218 Å². The Morgan fingerprint density at radius 1 is 0.444 bits per heavy atom. The molecule has 0 aliphatic carbocycles. The van der Waals surface area contributed by atoms with E-state index in [4.69, 9.17) is 42.6 Å². The minimum absolute atomic E-state index is 0.381. The van der Waals surface area contributed by atoms with Gasteiger partial charge in [0.15, 0.2) is 0 Å². The van der Waals surface area contributed by atoms with Crippen LogP contribution in [0, 0.1) is 0 Å². The molecule has 1 saturated heterocycles. The van der Waals surface area contributed by atoms with E-state index in [1.165, 1.54) is 12.8 Å². The Morgan fingerprint density at radius 2 is 0.778 bits per heavy atom. The molecule has 1 N–H and O–H groups in total. The molecule has 216 valence electrons. The summed E-state index contributed by atoms with van der Waals surface area (Å²) in [6.07, 6.45) is 6.12. The Balaban J connectivity index is 1.61. The van der Waals surface area contributed by atoms with Gasteiger partial charge in [-0.3, -0.25) is 0 Å². The zero-order chi connectivity index (χ0) is 25.6. The van der Waals surface area contributed by atoms with E-state index in [0.29, 0.717) is 112 Å². The summed E-state index contributed by atoms with van der Waals surface area (Å²) in [5.41, 5.74) is 0. The second-order valence-electron chi connectivity index (χ2n) is 8.43. The average molecular weight is 524 g/mol. The van der Waals surface area contributed by atoms with Gasteiger partial charge in [-0.15, -0.1) is 0 Å². The number of ether oxygens (including phenoxy) is 9. The summed E-state index contributed by atoms with van der Waals surface area (Å²) in [6, 6.07) is 0. The highest BCUT2D eigenvalue weighted by atomic mass is 16.6. The van der Waals surface area contributed by atoms with E-state index in [1.54, 1.807) is 0 Å². The number of nitrogens with one attached hydrogen (secondary N) is 1. The molecule has 0 aromatic heterocycles. The Kier molecular flexibility index (Phi) is 27.2. The lowest BCUT2D eigenvalue weighted by atomic mass is 10.1. The van der Waals surface area contributed by atoms with Crippen molar-refractivity contribution in [2.45, 2.75) is 45.1 Å². The van der Waals surface area contributed by atoms with Crippen LogP contribution in [-0.4, -0.2) is 132 Å². The summed E-state index contributed by atoms with van der Waals surface area (Å²) in [6.45, 7) is 14.3. The van der Waals surface area contributed by atoms with E-state index in [0.717, 1.165) is 39.0 Å². The molecule has 10 nitrogen and oxygen atoms in total. The van der Waals surface area contributed by atoms with Crippen molar-refractivity contribution in [3.8, 4) is 0 Å². The largest absolute Gasteiger partial charge is 0.379 e. The van der Waals surface area contributed by atoms with Crippen LogP contribution in [0.5, 0.6) is 0 Å². The summed E-state index contributed by atoms with van der Waals surface area (Å²) < 4.78 is 49.6. The third-order valence-electron chi connectivity index (χ3n) is 5.36. The quantitative estimate of drug-likeness (QED) is 0.147. The lowest BCUT2D eigenvalue weighted by Gasteiger charge is -2.22. The molecule has 0 atom stereocenters. The smallest absolute Gasteiger partial charge is 0.0704 e. The molecule has 0 unspecified atom stereocenters. The van der Waals surface area contributed by atoms with E-state index >= 15 is 0 Å². The van der Waals surface area contributed by atoms with Crippen LogP contribution in [0.1, 0.15) is 39.0 Å². The van der Waals surface area contributed by atoms with Crippen LogP contribution in [0.2, 0.25) is 0 Å². The van der Waals surface area contributed by atoms with E-state index in [2.05, 4.69) is 12.2 Å². The molecule has 0 aromatic rings. The fourth-order valence-corrected chi connectivity index (χ4v) is 3.33. The fraction of sp³-hybridized carbons (Fsp3) is 1.00. The minimum Gasteiger partial charge on any atom is -0.379 e. The van der Waals surface area contributed by atoms with Crippen molar-refractivity contribution in [3.05, 3.63) is 0 Å². The predicted octanol–water partition coefficient (Wildman–Crippen LogP) is 2.08. The first kappa shape index (κ1) is 33.6. The van der Waals surface area contributed by atoms with E-state index in [-0.39, 0.29) is 0 Å². The summed E-state index contributed by atoms with van der Waals surface area (Å²) in [7, 11) is 0. The van der Waals surface area contributed by atoms with Crippen LogP contribution >= 0.6 is 0 Å². The normalized spacial score (nSPS) is 14.6. The van der Waals surface area contributed by atoms with E-state index < -0.39 is 0 Å². The number of hydrogen-bond donors (Lipinski definition) is 1. The van der Waals surface area contributed by atoms with Gasteiger partial charge in [-0.2, -0.15) is 0 Å². The van der Waals surface area contributed by atoms with E-state index in [1.807, 2.05) is 0 Å². The zero-order valence-electron chi connectivity index (χ0n) is 22.7. The summed E-state index contributed by atoms with van der Waals surface area (Å²) in [4.78, 5) is 0. The number of unbranched alkanes of at least 4 members (excludes halogenated alkanes) is 2. The number of hydrogen-bond acceptors (Lipinski definition) is 10. The highest BCUT2D eigenvalue weighted by molar-refractivity contribution is 4.67. The van der Waals surface area contributed by atoms with Gasteiger partial charge in [-0.05, 0) is 32.4 Å². The Hall–Kier alpha value is -0.400. The molecular formula is C26H53NO9. The fourth-order valence-electron chi connectivity index (χ4n) is 3.33. The molecule has 0 aromatic carbocycles. The van der Waals surface area contributed by atoms with Crippen molar-refractivity contribution in [2.75, 3.05) is 125 Å². The maximum absolute atomic E-state index is 5.78. The van der Waals surface area contributed by atoms with Crippen LogP contribution in [0.3, 0.4) is 0 Å². The van der Waals surface area contributed by atoms with Crippen LogP contribution in [0.25, 0.3) is 0 Å². The average Bonchev–Trinajstić information content (AvgIpc) is 2.91. The SMILES string of the molecule is CCCCCOCCOCCOCCOCCOCCOCCOCCOCCOC1CCNCC1. The molecule has 1 heterocycles. The van der Waals surface area contributed by atoms with Gasteiger partial charge in [-0.25, -0.2) is 0 Å². The van der Waals surface area contributed by atoms with Crippen LogP contribution in [0.15, 0.2) is 0 Å². The van der Waals surface area contributed by atoms with Crippen molar-refractivity contribution in [1.29, 1.82) is 0 Å². The standard InChI is InChI=1S/C26H53NO9/c1-2-3-4-9-28-10-11-29-12-13-30-14-15-31-16-17-32-18-19-33-20-21-34-22-23-35-24-25-36-26-5-7-27-8-6-26/h26-27H,2-25H2,1H3. The second kappa shape index (κ2) is 29.2. The topological polar surface area (TPSA) is 95.1 Å². The summed E-state index contributed by atoms with van der Waals surface area (Å²) >= 11 is 0. The minimum atomic E-state index is 0.381. The van der Waals surface area contributed by atoms with Gasteiger partial charge in [0.2, 0.25) is 0 Å². The lowest BCUT2D eigenvalue weighted by Crippen LogP contribution is -2.33. The molecule has 1 fully saturated rings. The van der Waals surface area contributed by atoms with Crippen molar-refractivity contribution in [2.24, 2.45) is 0 Å². The van der Waals surface area contributed by atoms with Gasteiger partial charge in [0.1, 0.15) is 0 Å². The molecule has 0 saturated carbocycles. The summed E-state index contributed by atoms with van der Waals surface area (Å²) in [5, 5.41) is 3.33. The molecule has 36 heavy (non-hydrogen) atoms. The van der Waals surface area contributed by atoms with Crippen molar-refractivity contribution < 1.29 is 42.6 Å². The highest BCUT2D eigenvalue weighted by Crippen LogP contribution is 2.06. The van der Waals surface area contributed by atoms with Crippen molar-refractivity contribution >= 4 is 0 Å². The number of piperidine rings is 1. The molecule has 0 bridgehead atoms. The van der Waals surface area contributed by atoms with Crippen LogP contribution in [-0.2, 0) is 42.6 Å². The van der Waals surface area contributed by atoms with Gasteiger partial charge in [0.25, 0.3) is 0 Å². The van der Waals surface area contributed by atoms with E-state index in [9.17, 15) is 0 Å². The molecule has 0 spiro atoms. The Bertz CT molecular complexity index is 415. The summed E-state index contributed by atoms with van der Waals surface area (Å²) in [5.74, 6) is 0. The van der Waals surface area contributed by atoms with Gasteiger partial charge >= 0.3 is 0 Å². The molecule has 1 aliphatic rings. The monoisotopic (exact) mass is 523 g/mol. The van der Waals surface area contributed by atoms with Gasteiger partial charge in [0.05, 0.1) is 112 Å². The van der Waals surface area contributed by atoms with Crippen molar-refractivity contribution in [1.82, 2.24) is 5.32 Å². The van der Waals surface area contributed by atoms with Crippen molar-refractivity contribution in [3.63, 3.8) is 0 Å². The molecule has 0 radical (unpaired) electrons. The first-order valence-corrected chi connectivity index (χ1v) is 13.9. The lowest BCUT2D eigenvalue weighted by molar-refractivity contribution is -0.0318. The maximum Gasteiger partial charge on any atom is 0.0704 e. The molecule has 10 heteroatoms. The number of rotatable bonds is 29. The molecular weight excluding hydrogens is 470 g/mol. The zero-order valence-corrected chi connectivity index (χ0v) is 22.7. The highest BCUT2D eigenvalue weighted by Gasteiger charge is 2.12. The Morgan fingerprint density at radius 3 is 1.14 bits per heavy atom. The first-order valence-electron chi connectivity index (χ1n) is 13.9. The third-order valence-corrected chi connectivity index (χ3v) is 5.36. The molecule has 1 aliphatic heterocycles. The van der Waals surface area contributed by atoms with Gasteiger partial charge in [0, 0.05) is 6.61 Å². The predicted molar refractivity (Wildman–Crippen MR) is 138 cm³/mol. The van der Waals surface area contributed by atoms with Crippen LogP contribution < -0.4 is 5.32 Å². The first-order chi connectivity index (χ1) is 17.9. The van der Waals surface area contributed by atoms with Gasteiger partial charge in [-0.1, -0.05) is 19.8 Å². The van der Waals surface area contributed by atoms with Gasteiger partial charge < -0.3 is 47.9 Å². The maximum atomic E-state index is 5.78. The molecule has 0 amide bonds. The second-order valence-corrected chi connectivity index (χ2v) is 8.43. The third kappa shape index (κ3) is 25.3. The van der Waals surface area contributed by atoms with Crippen LogP contribution in [0.4, 0.5) is 0 Å². The molecule has 1 rings (SSSR count).